The third kappa shape index (κ3) is 2.76. The predicted molar refractivity (Wildman–Crippen MR) is 68.1 cm³/mol. The number of alkyl halides is 1. The van der Waals surface area contributed by atoms with Crippen molar-refractivity contribution in [2.45, 2.75) is 44.6 Å². The lowest BCUT2D eigenvalue weighted by molar-refractivity contribution is -0.139. The smallest absolute Gasteiger partial charge is 0.228 e. The molecule has 2 rings (SSSR count). The number of ether oxygens (including phenoxy) is 1. The molecule has 0 spiro atoms. The number of likely N-dealkylation sites (tertiary alicyclic amines) is 1. The first-order valence-electron chi connectivity index (χ1n) is 6.68. The van der Waals surface area contributed by atoms with Gasteiger partial charge in [0.25, 0.3) is 0 Å². The maximum Gasteiger partial charge on any atom is 0.228 e. The van der Waals surface area contributed by atoms with E-state index in [2.05, 4.69) is 13.8 Å². The van der Waals surface area contributed by atoms with Crippen molar-refractivity contribution in [2.75, 3.05) is 19.7 Å². The van der Waals surface area contributed by atoms with Crippen molar-refractivity contribution in [2.24, 2.45) is 11.8 Å². The van der Waals surface area contributed by atoms with Gasteiger partial charge in [-0.1, -0.05) is 13.8 Å². The zero-order chi connectivity index (χ0) is 12.4. The third-order valence-electron chi connectivity index (χ3n) is 4.04. The first-order valence-corrected chi connectivity index (χ1v) is 7.11. The number of hydrogen-bond acceptors (Lipinski definition) is 2. The van der Waals surface area contributed by atoms with E-state index in [1.54, 1.807) is 0 Å². The second-order valence-corrected chi connectivity index (χ2v) is 5.84. The summed E-state index contributed by atoms with van der Waals surface area (Å²) in [6.07, 6.45) is 2.86. The van der Waals surface area contributed by atoms with Crippen LogP contribution >= 0.6 is 11.6 Å². The van der Waals surface area contributed by atoms with Crippen LogP contribution in [0, 0.1) is 11.8 Å². The van der Waals surface area contributed by atoms with Gasteiger partial charge in [-0.2, -0.15) is 0 Å². The summed E-state index contributed by atoms with van der Waals surface area (Å²) in [7, 11) is 0. The molecule has 2 heterocycles. The number of carbonyl (C=O) groups is 1. The summed E-state index contributed by atoms with van der Waals surface area (Å²) in [4.78, 5) is 14.4. The molecule has 4 heteroatoms. The van der Waals surface area contributed by atoms with Crippen molar-refractivity contribution >= 4 is 17.5 Å². The molecule has 2 saturated heterocycles. The maximum absolute atomic E-state index is 12.4. The summed E-state index contributed by atoms with van der Waals surface area (Å²) in [6, 6.07) is 0. The number of hydrogen-bond donors (Lipinski definition) is 0. The average Bonchev–Trinajstić information content (AvgIpc) is 2.80. The molecule has 0 aromatic heterocycles. The summed E-state index contributed by atoms with van der Waals surface area (Å²) < 4.78 is 5.60. The second kappa shape index (κ2) is 5.57. The van der Waals surface area contributed by atoms with Crippen LogP contribution in [-0.2, 0) is 9.53 Å². The zero-order valence-electron chi connectivity index (χ0n) is 10.7. The fraction of sp³-hybridized carbons (Fsp3) is 0.923. The van der Waals surface area contributed by atoms with Crippen molar-refractivity contribution in [3.63, 3.8) is 0 Å². The molecular weight excluding hydrogens is 238 g/mol. The SMILES string of the molecule is CCC1OCCC1C(=O)N1CCC(Cl)C(C)C1. The van der Waals surface area contributed by atoms with Crippen LogP contribution in [0.2, 0.25) is 0 Å². The Kier molecular flexibility index (Phi) is 4.31. The predicted octanol–water partition coefficient (Wildman–Crippen LogP) is 2.28. The molecule has 3 nitrogen and oxygen atoms in total. The van der Waals surface area contributed by atoms with Crippen LogP contribution in [-0.4, -0.2) is 42.0 Å². The Hall–Kier alpha value is -0.280. The fourth-order valence-electron chi connectivity index (χ4n) is 2.88. The van der Waals surface area contributed by atoms with Gasteiger partial charge in [0.2, 0.25) is 5.91 Å². The second-order valence-electron chi connectivity index (χ2n) is 5.28. The monoisotopic (exact) mass is 259 g/mol. The number of halogens is 1. The molecule has 17 heavy (non-hydrogen) atoms. The van der Waals surface area contributed by atoms with Crippen LogP contribution in [0.25, 0.3) is 0 Å². The molecule has 0 saturated carbocycles. The van der Waals surface area contributed by atoms with Crippen molar-refractivity contribution in [1.29, 1.82) is 0 Å². The van der Waals surface area contributed by atoms with Crippen LogP contribution in [0.4, 0.5) is 0 Å². The summed E-state index contributed by atoms with van der Waals surface area (Å²) in [5.74, 6) is 0.764. The number of nitrogens with zero attached hydrogens (tertiary/aromatic N) is 1. The van der Waals surface area contributed by atoms with E-state index in [9.17, 15) is 4.79 Å². The van der Waals surface area contributed by atoms with Gasteiger partial charge in [0.15, 0.2) is 0 Å². The topological polar surface area (TPSA) is 29.5 Å². The van der Waals surface area contributed by atoms with Crippen molar-refractivity contribution in [3.8, 4) is 0 Å². The van der Waals surface area contributed by atoms with E-state index in [4.69, 9.17) is 16.3 Å². The van der Waals surface area contributed by atoms with Crippen LogP contribution in [0.3, 0.4) is 0 Å². The highest BCUT2D eigenvalue weighted by Gasteiger charge is 2.37. The van der Waals surface area contributed by atoms with Gasteiger partial charge in [0.05, 0.1) is 12.0 Å². The van der Waals surface area contributed by atoms with E-state index in [-0.39, 0.29) is 23.3 Å². The van der Waals surface area contributed by atoms with Crippen molar-refractivity contribution in [3.05, 3.63) is 0 Å². The number of amides is 1. The number of rotatable bonds is 2. The van der Waals surface area contributed by atoms with Gasteiger partial charge in [0.1, 0.15) is 0 Å². The van der Waals surface area contributed by atoms with Gasteiger partial charge in [0, 0.05) is 25.1 Å². The molecule has 0 radical (unpaired) electrons. The summed E-state index contributed by atoms with van der Waals surface area (Å²) in [5.41, 5.74) is 0. The average molecular weight is 260 g/mol. The van der Waals surface area contributed by atoms with Crippen molar-refractivity contribution < 1.29 is 9.53 Å². The molecule has 4 unspecified atom stereocenters. The van der Waals surface area contributed by atoms with Crippen molar-refractivity contribution in [1.82, 2.24) is 4.90 Å². The van der Waals surface area contributed by atoms with Crippen LogP contribution in [0.1, 0.15) is 33.1 Å². The van der Waals surface area contributed by atoms with Gasteiger partial charge in [-0.3, -0.25) is 4.79 Å². The minimum Gasteiger partial charge on any atom is -0.377 e. The Morgan fingerprint density at radius 2 is 2.24 bits per heavy atom. The molecule has 98 valence electrons. The highest BCUT2D eigenvalue weighted by molar-refractivity contribution is 6.20. The van der Waals surface area contributed by atoms with E-state index >= 15 is 0 Å². The number of carbonyl (C=O) groups excluding carboxylic acids is 1. The summed E-state index contributed by atoms with van der Waals surface area (Å²) >= 11 is 6.19. The Morgan fingerprint density at radius 3 is 2.88 bits per heavy atom. The van der Waals surface area contributed by atoms with E-state index in [0.29, 0.717) is 5.92 Å². The highest BCUT2D eigenvalue weighted by atomic mass is 35.5. The van der Waals surface area contributed by atoms with E-state index in [1.165, 1.54) is 0 Å². The largest absolute Gasteiger partial charge is 0.377 e. The molecule has 1 amide bonds. The Balaban J connectivity index is 1.95. The Bertz CT molecular complexity index is 285. The molecule has 4 atom stereocenters. The summed E-state index contributed by atoms with van der Waals surface area (Å²) in [6.45, 7) is 6.56. The lowest BCUT2D eigenvalue weighted by Crippen LogP contribution is -2.47. The van der Waals surface area contributed by atoms with E-state index in [1.807, 2.05) is 4.90 Å². The fourth-order valence-corrected chi connectivity index (χ4v) is 3.06. The third-order valence-corrected chi connectivity index (χ3v) is 4.69. The molecule has 0 aliphatic carbocycles. The normalized spacial score (nSPS) is 38.4. The molecule has 0 bridgehead atoms. The first-order chi connectivity index (χ1) is 8.13. The molecule has 2 aliphatic rings. The van der Waals surface area contributed by atoms with Gasteiger partial charge in [-0.25, -0.2) is 0 Å². The molecular formula is C13H22ClNO2. The number of piperidine rings is 1. The highest BCUT2D eigenvalue weighted by Crippen LogP contribution is 2.28. The van der Waals surface area contributed by atoms with Gasteiger partial charge in [-0.15, -0.1) is 11.6 Å². The van der Waals surface area contributed by atoms with Gasteiger partial charge < -0.3 is 9.64 Å². The molecule has 0 aromatic rings. The molecule has 0 aromatic carbocycles. The first kappa shape index (κ1) is 13.2. The Labute approximate surface area is 108 Å². The minimum absolute atomic E-state index is 0.0825. The molecule has 0 N–H and O–H groups in total. The molecule has 2 fully saturated rings. The quantitative estimate of drug-likeness (QED) is 0.712. The van der Waals surface area contributed by atoms with Gasteiger partial charge in [-0.05, 0) is 25.2 Å². The minimum atomic E-state index is 0.0825. The standard InChI is InChI=1S/C13H22ClNO2/c1-3-12-10(5-7-17-12)13(16)15-6-4-11(14)9(2)8-15/h9-12H,3-8H2,1-2H3. The zero-order valence-corrected chi connectivity index (χ0v) is 11.4. The van der Waals surface area contributed by atoms with Crippen LogP contribution in [0.5, 0.6) is 0 Å². The lowest BCUT2D eigenvalue weighted by atomic mass is 9.94. The van der Waals surface area contributed by atoms with Gasteiger partial charge >= 0.3 is 0 Å². The Morgan fingerprint density at radius 1 is 1.47 bits per heavy atom. The molecule has 2 aliphatic heterocycles. The van der Waals surface area contributed by atoms with E-state index < -0.39 is 0 Å². The lowest BCUT2D eigenvalue weighted by Gasteiger charge is -2.36. The summed E-state index contributed by atoms with van der Waals surface area (Å²) in [5, 5.41) is 0.223. The maximum atomic E-state index is 12.4. The van der Waals surface area contributed by atoms with Crippen LogP contribution < -0.4 is 0 Å². The van der Waals surface area contributed by atoms with E-state index in [0.717, 1.165) is 39.0 Å². The van der Waals surface area contributed by atoms with Crippen LogP contribution in [0.15, 0.2) is 0 Å².